The van der Waals surface area contributed by atoms with Crippen molar-refractivity contribution in [3.8, 4) is 0 Å². The van der Waals surface area contributed by atoms with Crippen molar-refractivity contribution < 1.29 is 13.2 Å². The van der Waals surface area contributed by atoms with E-state index >= 15 is 0 Å². The standard InChI is InChI=1S/C19H24N4O3S/c1-3-22(16-11-13-27(25,26)14-16)18(24)17-10-12-20-19(21-17)23(4-2)15-8-6-5-7-9-15/h5-10,12,16H,3-4,11,13-14H2,1-2H3. The third-order valence-electron chi connectivity index (χ3n) is 4.74. The minimum atomic E-state index is -3.06. The van der Waals surface area contributed by atoms with E-state index in [9.17, 15) is 13.2 Å². The summed E-state index contributed by atoms with van der Waals surface area (Å²) in [7, 11) is -3.06. The van der Waals surface area contributed by atoms with Crippen LogP contribution in [0.3, 0.4) is 0 Å². The predicted octanol–water partition coefficient (Wildman–Crippen LogP) is 2.28. The molecule has 0 radical (unpaired) electrons. The van der Waals surface area contributed by atoms with Gasteiger partial charge in [-0.25, -0.2) is 18.4 Å². The first-order valence-electron chi connectivity index (χ1n) is 9.12. The number of carbonyl (C=O) groups excluding carboxylic acids is 1. The monoisotopic (exact) mass is 388 g/mol. The molecule has 0 bridgehead atoms. The second kappa shape index (κ2) is 8.04. The molecule has 0 saturated carbocycles. The van der Waals surface area contributed by atoms with Gasteiger partial charge in [-0.3, -0.25) is 4.79 Å². The molecule has 0 aliphatic carbocycles. The number of anilines is 2. The van der Waals surface area contributed by atoms with Gasteiger partial charge >= 0.3 is 0 Å². The van der Waals surface area contributed by atoms with Gasteiger partial charge in [0.15, 0.2) is 9.84 Å². The van der Waals surface area contributed by atoms with E-state index in [-0.39, 0.29) is 29.1 Å². The van der Waals surface area contributed by atoms with Crippen LogP contribution in [-0.4, -0.2) is 59.8 Å². The number of amides is 1. The van der Waals surface area contributed by atoms with Crippen LogP contribution in [0, 0.1) is 0 Å². The Balaban J connectivity index is 1.86. The van der Waals surface area contributed by atoms with Gasteiger partial charge in [-0.1, -0.05) is 18.2 Å². The fourth-order valence-corrected chi connectivity index (χ4v) is 5.11. The quantitative estimate of drug-likeness (QED) is 0.755. The minimum Gasteiger partial charge on any atom is -0.334 e. The van der Waals surface area contributed by atoms with Crippen LogP contribution in [0.25, 0.3) is 0 Å². The highest BCUT2D eigenvalue weighted by Crippen LogP contribution is 2.23. The Bertz CT molecular complexity index is 902. The molecule has 0 N–H and O–H groups in total. The summed E-state index contributed by atoms with van der Waals surface area (Å²) in [6.45, 7) is 4.94. The predicted molar refractivity (Wildman–Crippen MR) is 105 cm³/mol. The van der Waals surface area contributed by atoms with Crippen LogP contribution in [-0.2, 0) is 9.84 Å². The average molecular weight is 388 g/mol. The number of carbonyl (C=O) groups is 1. The van der Waals surface area contributed by atoms with Crippen molar-refractivity contribution in [1.82, 2.24) is 14.9 Å². The Morgan fingerprint density at radius 1 is 1.15 bits per heavy atom. The van der Waals surface area contributed by atoms with E-state index in [0.717, 1.165) is 5.69 Å². The van der Waals surface area contributed by atoms with Crippen molar-refractivity contribution in [2.45, 2.75) is 26.3 Å². The summed E-state index contributed by atoms with van der Waals surface area (Å²) in [5.41, 5.74) is 1.22. The summed E-state index contributed by atoms with van der Waals surface area (Å²) in [5.74, 6) is 0.348. The van der Waals surface area contributed by atoms with E-state index in [0.29, 0.717) is 25.5 Å². The summed E-state index contributed by atoms with van der Waals surface area (Å²) < 4.78 is 23.6. The van der Waals surface area contributed by atoms with Gasteiger partial charge in [-0.15, -0.1) is 0 Å². The molecule has 2 aromatic rings. The van der Waals surface area contributed by atoms with Gasteiger partial charge < -0.3 is 9.80 Å². The molecule has 1 aromatic carbocycles. The Kier molecular flexibility index (Phi) is 5.74. The van der Waals surface area contributed by atoms with Gasteiger partial charge in [-0.2, -0.15) is 0 Å². The molecule has 1 aliphatic rings. The summed E-state index contributed by atoms with van der Waals surface area (Å²) >= 11 is 0. The molecule has 7 nitrogen and oxygen atoms in total. The summed E-state index contributed by atoms with van der Waals surface area (Å²) in [6, 6.07) is 11.0. The van der Waals surface area contributed by atoms with Gasteiger partial charge in [-0.05, 0) is 38.5 Å². The molecule has 1 fully saturated rings. The number of benzene rings is 1. The van der Waals surface area contributed by atoms with Gasteiger partial charge in [0.2, 0.25) is 5.95 Å². The summed E-state index contributed by atoms with van der Waals surface area (Å²) in [4.78, 5) is 25.3. The van der Waals surface area contributed by atoms with E-state index in [4.69, 9.17) is 0 Å². The fourth-order valence-electron chi connectivity index (χ4n) is 3.38. The lowest BCUT2D eigenvalue weighted by molar-refractivity contribution is 0.0702. The van der Waals surface area contributed by atoms with E-state index in [1.807, 2.05) is 49.1 Å². The number of rotatable bonds is 6. The largest absolute Gasteiger partial charge is 0.334 e. The van der Waals surface area contributed by atoms with Crippen molar-refractivity contribution >= 4 is 27.4 Å². The molecule has 8 heteroatoms. The van der Waals surface area contributed by atoms with Crippen LogP contribution in [0.5, 0.6) is 0 Å². The maximum absolute atomic E-state index is 13.0. The second-order valence-corrected chi connectivity index (χ2v) is 8.70. The lowest BCUT2D eigenvalue weighted by Crippen LogP contribution is -2.41. The lowest BCUT2D eigenvalue weighted by atomic mass is 10.2. The number of hydrogen-bond acceptors (Lipinski definition) is 6. The Labute approximate surface area is 160 Å². The molecular formula is C19H24N4O3S. The summed E-state index contributed by atoms with van der Waals surface area (Å²) in [6.07, 6.45) is 2.05. The van der Waals surface area contributed by atoms with Crippen molar-refractivity contribution in [3.63, 3.8) is 0 Å². The molecule has 144 valence electrons. The molecular weight excluding hydrogens is 364 g/mol. The third kappa shape index (κ3) is 4.27. The molecule has 1 unspecified atom stereocenters. The van der Waals surface area contributed by atoms with Crippen molar-refractivity contribution in [2.75, 3.05) is 29.5 Å². The molecule has 3 rings (SSSR count). The maximum atomic E-state index is 13.0. The number of nitrogens with zero attached hydrogens (tertiary/aromatic N) is 4. The highest BCUT2D eigenvalue weighted by Gasteiger charge is 2.34. The molecule has 1 aliphatic heterocycles. The first kappa shape index (κ1) is 19.3. The van der Waals surface area contributed by atoms with Gasteiger partial charge in [0, 0.05) is 31.0 Å². The number of aromatic nitrogens is 2. The van der Waals surface area contributed by atoms with Crippen molar-refractivity contribution in [2.24, 2.45) is 0 Å². The van der Waals surface area contributed by atoms with Crippen LogP contribution in [0.15, 0.2) is 42.6 Å². The number of para-hydroxylation sites is 1. The molecule has 2 heterocycles. The Hall–Kier alpha value is -2.48. The first-order valence-corrected chi connectivity index (χ1v) is 10.9. The lowest BCUT2D eigenvalue weighted by Gasteiger charge is -2.27. The normalized spacial score (nSPS) is 18.2. The fraction of sp³-hybridized carbons (Fsp3) is 0.421. The number of sulfone groups is 1. The van der Waals surface area contributed by atoms with Crippen LogP contribution in [0.1, 0.15) is 30.8 Å². The molecule has 1 saturated heterocycles. The average Bonchev–Trinajstić information content (AvgIpc) is 3.03. The summed E-state index contributed by atoms with van der Waals surface area (Å²) in [5, 5.41) is 0. The van der Waals surface area contributed by atoms with E-state index in [2.05, 4.69) is 9.97 Å². The van der Waals surface area contributed by atoms with E-state index in [1.54, 1.807) is 17.2 Å². The van der Waals surface area contributed by atoms with E-state index < -0.39 is 9.84 Å². The topological polar surface area (TPSA) is 83.5 Å². The van der Waals surface area contributed by atoms with Crippen molar-refractivity contribution in [1.29, 1.82) is 0 Å². The smallest absolute Gasteiger partial charge is 0.272 e. The highest BCUT2D eigenvalue weighted by atomic mass is 32.2. The second-order valence-electron chi connectivity index (χ2n) is 6.47. The van der Waals surface area contributed by atoms with Gasteiger partial charge in [0.25, 0.3) is 5.91 Å². The number of hydrogen-bond donors (Lipinski definition) is 0. The van der Waals surface area contributed by atoms with Gasteiger partial charge in [0.05, 0.1) is 11.5 Å². The van der Waals surface area contributed by atoms with Gasteiger partial charge in [0.1, 0.15) is 5.69 Å². The van der Waals surface area contributed by atoms with Crippen LogP contribution in [0.4, 0.5) is 11.6 Å². The zero-order valence-electron chi connectivity index (χ0n) is 15.6. The molecule has 1 atom stereocenters. The molecule has 27 heavy (non-hydrogen) atoms. The van der Waals surface area contributed by atoms with E-state index in [1.165, 1.54) is 0 Å². The molecule has 0 spiro atoms. The first-order chi connectivity index (χ1) is 12.9. The van der Waals surface area contributed by atoms with Crippen LogP contribution >= 0.6 is 0 Å². The maximum Gasteiger partial charge on any atom is 0.272 e. The zero-order chi connectivity index (χ0) is 19.4. The highest BCUT2D eigenvalue weighted by molar-refractivity contribution is 7.91. The Morgan fingerprint density at radius 3 is 2.48 bits per heavy atom. The SMILES string of the molecule is CCN(c1ccccc1)c1nccc(C(=O)N(CC)C2CCS(=O)(=O)C2)n1. The van der Waals surface area contributed by atoms with Crippen LogP contribution in [0.2, 0.25) is 0 Å². The molecule has 1 amide bonds. The third-order valence-corrected chi connectivity index (χ3v) is 6.49. The minimum absolute atomic E-state index is 0.0234. The Morgan fingerprint density at radius 2 is 1.89 bits per heavy atom. The molecule has 1 aromatic heterocycles. The zero-order valence-corrected chi connectivity index (χ0v) is 16.4. The van der Waals surface area contributed by atoms with Crippen LogP contribution < -0.4 is 4.90 Å². The van der Waals surface area contributed by atoms with Crippen molar-refractivity contribution in [3.05, 3.63) is 48.3 Å².